The molecule has 232 valence electrons. The third-order valence-electron chi connectivity index (χ3n) is 11.8. The second-order valence-electron chi connectivity index (χ2n) is 14.0. The van der Waals surface area contributed by atoms with Crippen LogP contribution in [0.2, 0.25) is 0 Å². The van der Waals surface area contributed by atoms with Crippen LogP contribution < -0.4 is 5.32 Å². The van der Waals surface area contributed by atoms with Crippen LogP contribution in [0.5, 0.6) is 0 Å². The highest BCUT2D eigenvalue weighted by Gasteiger charge is 2.64. The lowest BCUT2D eigenvalue weighted by atomic mass is 9.45. The Hall–Kier alpha value is -3.17. The molecule has 1 amide bonds. The predicted octanol–water partition coefficient (Wildman–Crippen LogP) is 4.43. The van der Waals surface area contributed by atoms with Gasteiger partial charge >= 0.3 is 5.97 Å². The van der Waals surface area contributed by atoms with Crippen LogP contribution in [-0.4, -0.2) is 64.2 Å². The van der Waals surface area contributed by atoms with Crippen molar-refractivity contribution in [3.8, 4) is 0 Å². The largest absolute Gasteiger partial charge is 0.467 e. The van der Waals surface area contributed by atoms with E-state index in [1.54, 1.807) is 0 Å². The molecule has 0 saturated heterocycles. The fourth-order valence-electron chi connectivity index (χ4n) is 9.26. The van der Waals surface area contributed by atoms with E-state index in [9.17, 15) is 19.8 Å². The Morgan fingerprint density at radius 3 is 2.74 bits per heavy atom. The number of carbonyl (C=O) groups is 2. The summed E-state index contributed by atoms with van der Waals surface area (Å²) in [6.45, 7) is 6.13. The van der Waals surface area contributed by atoms with Gasteiger partial charge in [0.05, 0.1) is 24.5 Å². The van der Waals surface area contributed by atoms with Gasteiger partial charge in [-0.2, -0.15) is 0 Å². The molecule has 1 aromatic carbocycles. The first-order valence-electron chi connectivity index (χ1n) is 15.7. The van der Waals surface area contributed by atoms with Crippen LogP contribution in [0.25, 0.3) is 10.9 Å². The van der Waals surface area contributed by atoms with Crippen LogP contribution in [0.1, 0.15) is 71.3 Å². The van der Waals surface area contributed by atoms with E-state index in [4.69, 9.17) is 9.57 Å². The lowest BCUT2D eigenvalue weighted by Gasteiger charge is -2.60. The molecule has 0 bridgehead atoms. The van der Waals surface area contributed by atoms with Crippen LogP contribution >= 0.6 is 0 Å². The van der Waals surface area contributed by atoms with Gasteiger partial charge in [-0.3, -0.25) is 4.79 Å². The van der Waals surface area contributed by atoms with E-state index >= 15 is 0 Å². The highest BCUT2D eigenvalue weighted by Crippen LogP contribution is 2.67. The molecule has 0 spiro atoms. The van der Waals surface area contributed by atoms with Gasteiger partial charge in [0.1, 0.15) is 6.04 Å². The Kier molecular flexibility index (Phi) is 7.70. The molecule has 4 aliphatic rings. The number of aliphatic hydroxyl groups is 2. The van der Waals surface area contributed by atoms with Gasteiger partial charge in [0.2, 0.25) is 0 Å². The SMILES string of the molecule is COC(=O)[C@@H](Cc1c[nH]c2ccccc12)NC(=O)CO/N=C1\C=C2CC[C@@H]3[C@H]([C@@H](O)C[C@@]4(C)[C@H]3CC[C@]4(C)O)[C@@]2(C)CC1. The molecule has 9 heteroatoms. The molecule has 3 fully saturated rings. The first-order chi connectivity index (χ1) is 20.5. The Bertz CT molecular complexity index is 1460. The standard InChI is InChI=1S/C34H45N3O6/c1-32-13-11-22(16-21(32)9-10-24-25-12-14-34(3,41)33(25,2)17-28(38)30(24)32)37-43-19-29(39)36-27(31(40)42-4)15-20-18-35-26-8-6-5-7-23(20)26/h5-8,16,18,24-25,27-28,30,35,38,41H,9-15,17,19H2,1-4H3,(H,36,39)/b37-22-/t24-,25-,27+,28-,30+,32-,33-,34-/m0/s1. The number of nitrogens with zero attached hydrogens (tertiary/aromatic N) is 1. The summed E-state index contributed by atoms with van der Waals surface area (Å²) in [6, 6.07) is 6.94. The Labute approximate surface area is 253 Å². The molecule has 9 nitrogen and oxygen atoms in total. The van der Waals surface area contributed by atoms with Crippen molar-refractivity contribution >= 4 is 28.5 Å². The van der Waals surface area contributed by atoms with Crippen LogP contribution in [-0.2, 0) is 25.6 Å². The van der Waals surface area contributed by atoms with Gasteiger partial charge in [-0.05, 0) is 92.7 Å². The zero-order valence-electron chi connectivity index (χ0n) is 25.7. The number of amides is 1. The Balaban J connectivity index is 1.09. The number of carbonyl (C=O) groups excluding carboxylic acids is 2. The molecule has 2 aromatic rings. The van der Waals surface area contributed by atoms with Crippen molar-refractivity contribution in [1.29, 1.82) is 0 Å². The van der Waals surface area contributed by atoms with Crippen molar-refractivity contribution in [3.63, 3.8) is 0 Å². The minimum Gasteiger partial charge on any atom is -0.467 e. The minimum absolute atomic E-state index is 0.120. The zero-order valence-corrected chi connectivity index (χ0v) is 25.7. The summed E-state index contributed by atoms with van der Waals surface area (Å²) in [5.74, 6) is 0.0175. The van der Waals surface area contributed by atoms with Crippen molar-refractivity contribution in [2.75, 3.05) is 13.7 Å². The molecular formula is C34H45N3O6. The third-order valence-corrected chi connectivity index (χ3v) is 11.8. The maximum absolute atomic E-state index is 12.8. The predicted molar refractivity (Wildman–Crippen MR) is 163 cm³/mol. The quantitative estimate of drug-likeness (QED) is 0.278. The number of benzene rings is 1. The molecule has 4 N–H and O–H groups in total. The molecule has 8 atom stereocenters. The summed E-state index contributed by atoms with van der Waals surface area (Å²) in [4.78, 5) is 33.9. The third kappa shape index (κ3) is 5.08. The number of aromatic nitrogens is 1. The van der Waals surface area contributed by atoms with E-state index < -0.39 is 29.6 Å². The molecule has 3 saturated carbocycles. The number of ether oxygens (including phenoxy) is 1. The molecular weight excluding hydrogens is 546 g/mol. The first-order valence-corrected chi connectivity index (χ1v) is 15.7. The van der Waals surface area contributed by atoms with Crippen LogP contribution in [0.4, 0.5) is 0 Å². The van der Waals surface area contributed by atoms with Crippen LogP contribution in [0, 0.1) is 28.6 Å². The van der Waals surface area contributed by atoms with Crippen LogP contribution in [0.15, 0.2) is 47.3 Å². The number of aromatic amines is 1. The molecule has 0 aliphatic heterocycles. The molecule has 4 aliphatic carbocycles. The summed E-state index contributed by atoms with van der Waals surface area (Å²) >= 11 is 0. The average molecular weight is 592 g/mol. The number of rotatable bonds is 7. The van der Waals surface area contributed by atoms with Crippen molar-refractivity contribution in [2.45, 2.75) is 89.9 Å². The van der Waals surface area contributed by atoms with E-state index in [2.05, 4.69) is 35.4 Å². The van der Waals surface area contributed by atoms with E-state index in [-0.39, 0.29) is 29.8 Å². The van der Waals surface area contributed by atoms with Gasteiger partial charge in [-0.15, -0.1) is 0 Å². The molecule has 43 heavy (non-hydrogen) atoms. The zero-order chi connectivity index (χ0) is 30.6. The summed E-state index contributed by atoms with van der Waals surface area (Å²) in [5.41, 5.74) is 2.85. The number of hydrogen-bond acceptors (Lipinski definition) is 7. The summed E-state index contributed by atoms with van der Waals surface area (Å²) in [6.07, 6.45) is 9.75. The summed E-state index contributed by atoms with van der Waals surface area (Å²) < 4.78 is 4.95. The molecule has 1 heterocycles. The number of esters is 1. The van der Waals surface area contributed by atoms with Crippen LogP contribution in [0.3, 0.4) is 0 Å². The molecule has 1 aromatic heterocycles. The highest BCUT2D eigenvalue weighted by atomic mass is 16.6. The van der Waals surface area contributed by atoms with E-state index in [0.29, 0.717) is 24.7 Å². The number of hydrogen-bond donors (Lipinski definition) is 4. The normalized spacial score (nSPS) is 36.7. The van der Waals surface area contributed by atoms with Gasteiger partial charge in [0, 0.05) is 28.9 Å². The Morgan fingerprint density at radius 2 is 1.95 bits per heavy atom. The fraction of sp³-hybridized carbons (Fsp3) is 0.618. The highest BCUT2D eigenvalue weighted by molar-refractivity contribution is 5.96. The van der Waals surface area contributed by atoms with E-state index in [0.717, 1.165) is 54.3 Å². The number of H-pyrrole nitrogens is 1. The average Bonchev–Trinajstić information content (AvgIpc) is 3.48. The van der Waals surface area contributed by atoms with Gasteiger partial charge < -0.3 is 30.1 Å². The minimum atomic E-state index is -0.854. The number of aliphatic hydroxyl groups excluding tert-OH is 1. The number of methoxy groups -OCH3 is 1. The summed E-state index contributed by atoms with van der Waals surface area (Å²) in [7, 11) is 1.30. The van der Waals surface area contributed by atoms with Crippen molar-refractivity contribution in [1.82, 2.24) is 10.3 Å². The number of para-hydroxylation sites is 1. The number of nitrogens with one attached hydrogen (secondary N) is 2. The first kappa shape index (κ1) is 29.9. The Morgan fingerprint density at radius 1 is 1.16 bits per heavy atom. The van der Waals surface area contributed by atoms with E-state index in [1.165, 1.54) is 12.7 Å². The number of allylic oxidation sites excluding steroid dienone is 2. The monoisotopic (exact) mass is 591 g/mol. The maximum atomic E-state index is 12.8. The lowest BCUT2D eigenvalue weighted by Crippen LogP contribution is -2.59. The smallest absolute Gasteiger partial charge is 0.328 e. The fourth-order valence-corrected chi connectivity index (χ4v) is 9.26. The summed E-state index contributed by atoms with van der Waals surface area (Å²) in [5, 5.41) is 30.7. The van der Waals surface area contributed by atoms with Crippen molar-refractivity contribution in [2.24, 2.45) is 33.7 Å². The second-order valence-corrected chi connectivity index (χ2v) is 14.0. The topological polar surface area (TPSA) is 133 Å². The van der Waals surface area contributed by atoms with Crippen molar-refractivity contribution in [3.05, 3.63) is 47.7 Å². The van der Waals surface area contributed by atoms with Gasteiger partial charge in [-0.1, -0.05) is 42.8 Å². The van der Waals surface area contributed by atoms with Gasteiger partial charge in [-0.25, -0.2) is 4.79 Å². The van der Waals surface area contributed by atoms with Crippen molar-refractivity contribution < 1.29 is 29.4 Å². The maximum Gasteiger partial charge on any atom is 0.328 e. The molecule has 0 radical (unpaired) electrons. The number of oxime groups is 1. The number of fused-ring (bicyclic) bond motifs is 6. The lowest BCUT2D eigenvalue weighted by molar-refractivity contribution is -0.164. The van der Waals surface area contributed by atoms with Gasteiger partial charge in [0.15, 0.2) is 6.61 Å². The second kappa shape index (κ2) is 11.1. The molecule has 0 unspecified atom stereocenters. The van der Waals surface area contributed by atoms with E-state index in [1.807, 2.05) is 37.4 Å². The van der Waals surface area contributed by atoms with Gasteiger partial charge in [0.25, 0.3) is 5.91 Å². The molecule has 6 rings (SSSR count).